The van der Waals surface area contributed by atoms with Crippen molar-refractivity contribution in [1.29, 1.82) is 0 Å². The third-order valence-electron chi connectivity index (χ3n) is 4.45. The van der Waals surface area contributed by atoms with Crippen LogP contribution < -0.4 is 4.90 Å². The Bertz CT molecular complexity index is 955. The van der Waals surface area contributed by atoms with Crippen molar-refractivity contribution in [2.45, 2.75) is 6.92 Å². The minimum Gasteiger partial charge on any atom is -0.310 e. The summed E-state index contributed by atoms with van der Waals surface area (Å²) < 4.78 is 0. The number of para-hydroxylation sites is 2. The Morgan fingerprint density at radius 2 is 1.19 bits per heavy atom. The molecule has 0 aliphatic heterocycles. The maximum Gasteiger partial charge on any atom is 0.0725 e. The molecule has 3 aromatic carbocycles. The van der Waals surface area contributed by atoms with Crippen LogP contribution in [0.3, 0.4) is 0 Å². The van der Waals surface area contributed by atoms with E-state index in [1.165, 1.54) is 5.56 Å². The number of pyridine rings is 1. The first-order chi connectivity index (χ1) is 12.8. The number of benzene rings is 3. The molecule has 2 nitrogen and oxygen atoms in total. The Kier molecular flexibility index (Phi) is 4.48. The summed E-state index contributed by atoms with van der Waals surface area (Å²) in [7, 11) is 0. The largest absolute Gasteiger partial charge is 0.310 e. The van der Waals surface area contributed by atoms with Gasteiger partial charge in [0.2, 0.25) is 0 Å². The van der Waals surface area contributed by atoms with Gasteiger partial charge in [-0.05, 0) is 48.9 Å². The molecular formula is C24H20N2. The Morgan fingerprint density at radius 1 is 0.615 bits per heavy atom. The lowest BCUT2D eigenvalue weighted by atomic mass is 10.0. The van der Waals surface area contributed by atoms with Crippen LogP contribution in [0.5, 0.6) is 0 Å². The van der Waals surface area contributed by atoms with E-state index in [4.69, 9.17) is 0 Å². The van der Waals surface area contributed by atoms with Gasteiger partial charge in [-0.1, -0.05) is 60.7 Å². The number of hydrogen-bond donors (Lipinski definition) is 0. The topological polar surface area (TPSA) is 16.1 Å². The number of nitrogens with zero attached hydrogens (tertiary/aromatic N) is 2. The molecule has 1 aromatic heterocycles. The fourth-order valence-electron chi connectivity index (χ4n) is 3.17. The highest BCUT2D eigenvalue weighted by molar-refractivity contribution is 5.79. The van der Waals surface area contributed by atoms with Crippen molar-refractivity contribution in [3.63, 3.8) is 0 Å². The molecule has 4 aromatic rings. The summed E-state index contributed by atoms with van der Waals surface area (Å²) >= 11 is 0. The molecule has 1 heterocycles. The average Bonchev–Trinajstić information content (AvgIpc) is 2.70. The Balaban J connectivity index is 1.85. The van der Waals surface area contributed by atoms with Crippen molar-refractivity contribution in [3.05, 3.63) is 109 Å². The molecule has 4 rings (SSSR count). The van der Waals surface area contributed by atoms with Gasteiger partial charge in [0.1, 0.15) is 0 Å². The first-order valence-corrected chi connectivity index (χ1v) is 8.75. The van der Waals surface area contributed by atoms with Crippen molar-refractivity contribution >= 4 is 17.1 Å². The van der Waals surface area contributed by atoms with Crippen LogP contribution in [0.2, 0.25) is 0 Å². The highest BCUT2D eigenvalue weighted by Crippen LogP contribution is 2.35. The van der Waals surface area contributed by atoms with Crippen LogP contribution in [0, 0.1) is 6.92 Å². The lowest BCUT2D eigenvalue weighted by molar-refractivity contribution is 1.24. The molecule has 2 heteroatoms. The van der Waals surface area contributed by atoms with Gasteiger partial charge in [-0.3, -0.25) is 4.98 Å². The molecule has 0 radical (unpaired) electrons. The van der Waals surface area contributed by atoms with E-state index in [-0.39, 0.29) is 0 Å². The van der Waals surface area contributed by atoms with Gasteiger partial charge in [0.25, 0.3) is 0 Å². The summed E-state index contributed by atoms with van der Waals surface area (Å²) in [4.78, 5) is 6.87. The van der Waals surface area contributed by atoms with E-state index >= 15 is 0 Å². The van der Waals surface area contributed by atoms with Gasteiger partial charge in [-0.15, -0.1) is 0 Å². The molecule has 0 atom stereocenters. The van der Waals surface area contributed by atoms with Gasteiger partial charge in [-0.2, -0.15) is 0 Å². The van der Waals surface area contributed by atoms with Gasteiger partial charge in [0.05, 0.1) is 5.69 Å². The smallest absolute Gasteiger partial charge is 0.0725 e. The molecule has 0 spiro atoms. The predicted molar refractivity (Wildman–Crippen MR) is 109 cm³/mol. The SMILES string of the molecule is Cc1ccccc1-c1cc(N(c2ccccc2)c2ccccc2)ccn1. The standard InChI is InChI=1S/C24H20N2/c1-19-10-8-9-15-23(19)24-18-22(16-17-25-24)26(20-11-4-2-5-12-20)21-13-6-3-7-14-21/h2-18H,1H3. The molecular weight excluding hydrogens is 316 g/mol. The first-order valence-electron chi connectivity index (χ1n) is 8.75. The molecule has 0 N–H and O–H groups in total. The number of hydrogen-bond acceptors (Lipinski definition) is 2. The quantitative estimate of drug-likeness (QED) is 0.421. The zero-order valence-corrected chi connectivity index (χ0v) is 14.7. The summed E-state index contributed by atoms with van der Waals surface area (Å²) in [6.07, 6.45) is 1.88. The highest BCUT2D eigenvalue weighted by Gasteiger charge is 2.13. The molecule has 0 aliphatic carbocycles. The Morgan fingerprint density at radius 3 is 1.81 bits per heavy atom. The molecule has 0 bridgehead atoms. The van der Waals surface area contributed by atoms with Crippen LogP contribution in [0.1, 0.15) is 5.56 Å². The van der Waals surface area contributed by atoms with E-state index in [2.05, 4.69) is 102 Å². The van der Waals surface area contributed by atoms with Crippen LogP contribution in [-0.4, -0.2) is 4.98 Å². The van der Waals surface area contributed by atoms with Crippen molar-refractivity contribution in [2.24, 2.45) is 0 Å². The first kappa shape index (κ1) is 16.1. The molecule has 26 heavy (non-hydrogen) atoms. The number of aromatic nitrogens is 1. The monoisotopic (exact) mass is 336 g/mol. The van der Waals surface area contributed by atoms with E-state index in [9.17, 15) is 0 Å². The molecule has 0 saturated carbocycles. The van der Waals surface area contributed by atoms with Crippen LogP contribution in [-0.2, 0) is 0 Å². The zero-order chi connectivity index (χ0) is 17.8. The van der Waals surface area contributed by atoms with Gasteiger partial charge in [0, 0.05) is 28.8 Å². The van der Waals surface area contributed by atoms with Crippen LogP contribution in [0.4, 0.5) is 17.1 Å². The summed E-state index contributed by atoms with van der Waals surface area (Å²) in [6.45, 7) is 2.12. The van der Waals surface area contributed by atoms with Crippen LogP contribution in [0.25, 0.3) is 11.3 Å². The van der Waals surface area contributed by atoms with E-state index in [0.29, 0.717) is 0 Å². The summed E-state index contributed by atoms with van der Waals surface area (Å²) in [5.41, 5.74) is 6.72. The maximum absolute atomic E-state index is 4.61. The van der Waals surface area contributed by atoms with Crippen molar-refractivity contribution in [2.75, 3.05) is 4.90 Å². The molecule has 0 unspecified atom stereocenters. The number of aryl methyl sites for hydroxylation is 1. The second-order valence-electron chi connectivity index (χ2n) is 6.22. The van der Waals surface area contributed by atoms with Crippen molar-refractivity contribution in [1.82, 2.24) is 4.98 Å². The van der Waals surface area contributed by atoms with Gasteiger partial charge in [-0.25, -0.2) is 0 Å². The van der Waals surface area contributed by atoms with Crippen molar-refractivity contribution in [3.8, 4) is 11.3 Å². The van der Waals surface area contributed by atoms with E-state index in [1.54, 1.807) is 0 Å². The Hall–Kier alpha value is -3.39. The maximum atomic E-state index is 4.61. The third-order valence-corrected chi connectivity index (χ3v) is 4.45. The minimum absolute atomic E-state index is 0.984. The lowest BCUT2D eigenvalue weighted by Gasteiger charge is -2.25. The third kappa shape index (κ3) is 3.22. The molecule has 126 valence electrons. The van der Waals surface area contributed by atoms with Crippen molar-refractivity contribution < 1.29 is 0 Å². The highest BCUT2D eigenvalue weighted by atomic mass is 15.1. The minimum atomic E-state index is 0.984. The summed E-state index contributed by atoms with van der Waals surface area (Å²) in [5.74, 6) is 0. The van der Waals surface area contributed by atoms with Gasteiger partial charge in [0.15, 0.2) is 0 Å². The lowest BCUT2D eigenvalue weighted by Crippen LogP contribution is -2.10. The van der Waals surface area contributed by atoms with E-state index in [1.807, 2.05) is 18.3 Å². The van der Waals surface area contributed by atoms with E-state index in [0.717, 1.165) is 28.3 Å². The summed E-state index contributed by atoms with van der Waals surface area (Å²) in [5, 5.41) is 0. The number of anilines is 3. The normalized spacial score (nSPS) is 10.5. The fourth-order valence-corrected chi connectivity index (χ4v) is 3.17. The molecule has 0 amide bonds. The van der Waals surface area contributed by atoms with E-state index < -0.39 is 0 Å². The second kappa shape index (κ2) is 7.24. The predicted octanol–water partition coefficient (Wildman–Crippen LogP) is 6.53. The Labute approximate surface area is 154 Å². The van der Waals surface area contributed by atoms with Gasteiger partial charge < -0.3 is 4.90 Å². The molecule has 0 fully saturated rings. The number of rotatable bonds is 4. The molecule has 0 aliphatic rings. The zero-order valence-electron chi connectivity index (χ0n) is 14.7. The van der Waals surface area contributed by atoms with Crippen LogP contribution in [0.15, 0.2) is 103 Å². The average molecular weight is 336 g/mol. The van der Waals surface area contributed by atoms with Gasteiger partial charge >= 0.3 is 0 Å². The second-order valence-corrected chi connectivity index (χ2v) is 6.22. The summed E-state index contributed by atoms with van der Waals surface area (Å²) in [6, 6.07) is 33.4. The molecule has 0 saturated heterocycles. The fraction of sp³-hybridized carbons (Fsp3) is 0.0417. The van der Waals surface area contributed by atoms with Crippen LogP contribution >= 0.6 is 0 Å².